The standard InChI is InChI=1S/C22H34ClN3O5/c1-22(2,3)31-21(28)24-8-9-25-11-19-13-26(14-20(12-25)30-19)10-17(27)15-29-18-6-4-16(23)5-7-18/h4-7,17,19-20,27H,8-15H2,1-3H3,(H,24,28). The highest BCUT2D eigenvalue weighted by molar-refractivity contribution is 6.30. The van der Waals surface area contributed by atoms with Crippen LogP contribution in [0.5, 0.6) is 5.75 Å². The number of hydrogen-bond donors (Lipinski definition) is 2. The Bertz CT molecular complexity index is 698. The Balaban J connectivity index is 1.35. The van der Waals surface area contributed by atoms with Gasteiger partial charge in [0.2, 0.25) is 0 Å². The number of fused-ring (bicyclic) bond motifs is 2. The van der Waals surface area contributed by atoms with Gasteiger partial charge < -0.3 is 24.6 Å². The van der Waals surface area contributed by atoms with Crippen molar-refractivity contribution in [2.45, 2.75) is 44.7 Å². The molecule has 2 aliphatic rings. The smallest absolute Gasteiger partial charge is 0.407 e. The minimum absolute atomic E-state index is 0.0958. The predicted octanol–water partition coefficient (Wildman–Crippen LogP) is 1.99. The van der Waals surface area contributed by atoms with Crippen molar-refractivity contribution in [2.75, 3.05) is 52.4 Å². The number of morpholine rings is 2. The maximum Gasteiger partial charge on any atom is 0.407 e. The summed E-state index contributed by atoms with van der Waals surface area (Å²) in [5, 5.41) is 13.8. The van der Waals surface area contributed by atoms with Crippen molar-refractivity contribution in [3.63, 3.8) is 0 Å². The molecule has 3 unspecified atom stereocenters. The summed E-state index contributed by atoms with van der Waals surface area (Å²) < 4.78 is 17.0. The summed E-state index contributed by atoms with van der Waals surface area (Å²) in [6.45, 7) is 10.8. The van der Waals surface area contributed by atoms with Crippen LogP contribution in [-0.2, 0) is 9.47 Å². The highest BCUT2D eigenvalue weighted by Crippen LogP contribution is 2.20. The molecule has 2 heterocycles. The molecule has 3 rings (SSSR count). The van der Waals surface area contributed by atoms with Gasteiger partial charge in [-0.25, -0.2) is 4.79 Å². The number of rotatable bonds is 8. The molecule has 2 saturated heterocycles. The second-order valence-corrected chi connectivity index (χ2v) is 9.64. The lowest BCUT2D eigenvalue weighted by Gasteiger charge is -2.46. The van der Waals surface area contributed by atoms with Gasteiger partial charge in [0.1, 0.15) is 24.1 Å². The van der Waals surface area contributed by atoms with E-state index in [0.717, 1.165) is 32.7 Å². The molecule has 1 aromatic rings. The number of amides is 1. The summed E-state index contributed by atoms with van der Waals surface area (Å²) in [6, 6.07) is 7.11. The number of nitrogens with one attached hydrogen (secondary N) is 1. The number of carbonyl (C=O) groups is 1. The second-order valence-electron chi connectivity index (χ2n) is 9.21. The van der Waals surface area contributed by atoms with Gasteiger partial charge in [0, 0.05) is 50.8 Å². The second kappa shape index (κ2) is 10.8. The Hall–Kier alpha value is -1.58. The van der Waals surface area contributed by atoms with Gasteiger partial charge in [-0.15, -0.1) is 0 Å². The highest BCUT2D eigenvalue weighted by atomic mass is 35.5. The van der Waals surface area contributed by atoms with E-state index in [9.17, 15) is 9.90 Å². The van der Waals surface area contributed by atoms with Gasteiger partial charge in [0.05, 0.1) is 12.2 Å². The van der Waals surface area contributed by atoms with Crippen LogP contribution in [0.25, 0.3) is 0 Å². The molecule has 0 radical (unpaired) electrons. The van der Waals surface area contributed by atoms with E-state index in [2.05, 4.69) is 15.1 Å². The molecule has 2 bridgehead atoms. The molecule has 0 spiro atoms. The maximum absolute atomic E-state index is 11.8. The van der Waals surface area contributed by atoms with E-state index in [1.165, 1.54) is 0 Å². The van der Waals surface area contributed by atoms with Crippen LogP contribution in [-0.4, -0.2) is 97.3 Å². The fourth-order valence-corrected chi connectivity index (χ4v) is 4.02. The molecule has 2 fully saturated rings. The number of benzene rings is 1. The zero-order valence-corrected chi connectivity index (χ0v) is 19.3. The average Bonchev–Trinajstić information content (AvgIpc) is 2.65. The highest BCUT2D eigenvalue weighted by Gasteiger charge is 2.35. The summed E-state index contributed by atoms with van der Waals surface area (Å²) >= 11 is 5.87. The van der Waals surface area contributed by atoms with Crippen molar-refractivity contribution in [3.8, 4) is 5.75 Å². The fraction of sp³-hybridized carbons (Fsp3) is 0.682. The molecule has 0 aromatic heterocycles. The molecule has 31 heavy (non-hydrogen) atoms. The minimum atomic E-state index is -0.580. The summed E-state index contributed by atoms with van der Waals surface area (Å²) in [6.07, 6.45) is -0.776. The van der Waals surface area contributed by atoms with Crippen LogP contribution in [0.15, 0.2) is 24.3 Å². The lowest BCUT2D eigenvalue weighted by molar-refractivity contribution is -0.142. The van der Waals surface area contributed by atoms with Gasteiger partial charge in [-0.1, -0.05) is 11.6 Å². The maximum atomic E-state index is 11.8. The van der Waals surface area contributed by atoms with Gasteiger partial charge in [0.15, 0.2) is 0 Å². The zero-order chi connectivity index (χ0) is 22.4. The molecule has 2 N–H and O–H groups in total. The van der Waals surface area contributed by atoms with Crippen LogP contribution in [0.2, 0.25) is 5.02 Å². The van der Waals surface area contributed by atoms with Crippen molar-refractivity contribution in [3.05, 3.63) is 29.3 Å². The van der Waals surface area contributed by atoms with E-state index >= 15 is 0 Å². The molecule has 1 amide bonds. The molecule has 0 saturated carbocycles. The van der Waals surface area contributed by atoms with Crippen molar-refractivity contribution in [2.24, 2.45) is 0 Å². The first-order chi connectivity index (χ1) is 14.7. The van der Waals surface area contributed by atoms with Crippen molar-refractivity contribution in [1.82, 2.24) is 15.1 Å². The average molecular weight is 456 g/mol. The number of β-amino-alcohol motifs (C(OH)–C–C–N with tert-alkyl or cyclic N) is 1. The largest absolute Gasteiger partial charge is 0.491 e. The Kier molecular flexibility index (Phi) is 8.41. The Morgan fingerprint density at radius 2 is 1.81 bits per heavy atom. The monoisotopic (exact) mass is 455 g/mol. The summed E-state index contributed by atoms with van der Waals surface area (Å²) in [5.41, 5.74) is -0.492. The number of nitrogens with zero attached hydrogens (tertiary/aromatic N) is 2. The third kappa shape index (κ3) is 8.46. The SMILES string of the molecule is CC(C)(C)OC(=O)NCCN1CC2CN(CC(O)COc3ccc(Cl)cc3)CC(C1)O2. The van der Waals surface area contributed by atoms with Crippen LogP contribution in [0, 0.1) is 0 Å². The summed E-state index contributed by atoms with van der Waals surface area (Å²) in [4.78, 5) is 16.3. The number of aliphatic hydroxyl groups is 1. The van der Waals surface area contributed by atoms with E-state index in [0.29, 0.717) is 23.9 Å². The lowest BCUT2D eigenvalue weighted by atomic mass is 10.1. The van der Waals surface area contributed by atoms with Crippen molar-refractivity contribution < 1.29 is 24.1 Å². The Morgan fingerprint density at radius 1 is 1.19 bits per heavy atom. The predicted molar refractivity (Wildman–Crippen MR) is 119 cm³/mol. The number of aliphatic hydroxyl groups excluding tert-OH is 1. The quantitative estimate of drug-likeness (QED) is 0.620. The topological polar surface area (TPSA) is 83.5 Å². The van der Waals surface area contributed by atoms with Gasteiger partial charge in [-0.05, 0) is 45.0 Å². The molecule has 0 aliphatic carbocycles. The fourth-order valence-electron chi connectivity index (χ4n) is 3.90. The van der Waals surface area contributed by atoms with Crippen LogP contribution in [0.4, 0.5) is 4.79 Å². The van der Waals surface area contributed by atoms with E-state index in [4.69, 9.17) is 25.8 Å². The van der Waals surface area contributed by atoms with E-state index in [1.54, 1.807) is 24.3 Å². The van der Waals surface area contributed by atoms with Crippen LogP contribution >= 0.6 is 11.6 Å². The number of ether oxygens (including phenoxy) is 3. The first-order valence-corrected chi connectivity index (χ1v) is 11.2. The minimum Gasteiger partial charge on any atom is -0.491 e. The van der Waals surface area contributed by atoms with Crippen molar-refractivity contribution in [1.29, 1.82) is 0 Å². The first-order valence-electron chi connectivity index (χ1n) is 10.8. The van der Waals surface area contributed by atoms with E-state index < -0.39 is 11.7 Å². The summed E-state index contributed by atoms with van der Waals surface area (Å²) in [7, 11) is 0. The number of carbonyl (C=O) groups excluding carboxylic acids is 1. The lowest BCUT2D eigenvalue weighted by Crippen LogP contribution is -2.61. The van der Waals surface area contributed by atoms with Crippen molar-refractivity contribution >= 4 is 17.7 Å². The third-order valence-corrected chi connectivity index (χ3v) is 5.31. The summed E-state index contributed by atoms with van der Waals surface area (Å²) in [5.74, 6) is 0.693. The van der Waals surface area contributed by atoms with Crippen LogP contribution in [0.1, 0.15) is 20.8 Å². The van der Waals surface area contributed by atoms with Gasteiger partial charge in [-0.3, -0.25) is 9.80 Å². The molecule has 2 aliphatic heterocycles. The van der Waals surface area contributed by atoms with Crippen LogP contribution < -0.4 is 10.1 Å². The molecule has 3 atom stereocenters. The zero-order valence-electron chi connectivity index (χ0n) is 18.6. The van der Waals surface area contributed by atoms with E-state index in [1.807, 2.05) is 20.8 Å². The molecule has 174 valence electrons. The van der Waals surface area contributed by atoms with Gasteiger partial charge >= 0.3 is 6.09 Å². The Morgan fingerprint density at radius 3 is 2.42 bits per heavy atom. The normalized spacial score (nSPS) is 23.3. The molecule has 9 heteroatoms. The number of alkyl carbamates (subject to hydrolysis) is 1. The molecular weight excluding hydrogens is 422 g/mol. The third-order valence-electron chi connectivity index (χ3n) is 5.05. The van der Waals surface area contributed by atoms with E-state index in [-0.39, 0.29) is 24.9 Å². The first kappa shape index (κ1) is 24.1. The molecular formula is C22H34ClN3O5. The molecule has 1 aromatic carbocycles. The van der Waals surface area contributed by atoms with Gasteiger partial charge in [-0.2, -0.15) is 0 Å². The number of hydrogen-bond acceptors (Lipinski definition) is 7. The Labute approximate surface area is 189 Å². The number of halogens is 1. The van der Waals surface area contributed by atoms with Gasteiger partial charge in [0.25, 0.3) is 0 Å². The molecule has 8 nitrogen and oxygen atoms in total. The van der Waals surface area contributed by atoms with Crippen LogP contribution in [0.3, 0.4) is 0 Å².